The van der Waals surface area contributed by atoms with Crippen molar-refractivity contribution in [3.05, 3.63) is 47.5 Å². The van der Waals surface area contributed by atoms with Crippen LogP contribution in [0.3, 0.4) is 0 Å². The zero-order valence-electron chi connectivity index (χ0n) is 18.1. The van der Waals surface area contributed by atoms with Gasteiger partial charge in [0.15, 0.2) is 11.5 Å². The van der Waals surface area contributed by atoms with Gasteiger partial charge in [0.2, 0.25) is 15.9 Å². The molecule has 2 aromatic carbocycles. The Morgan fingerprint density at radius 3 is 2.29 bits per heavy atom. The Labute approximate surface area is 182 Å². The quantitative estimate of drug-likeness (QED) is 0.585. The Morgan fingerprint density at radius 1 is 1.03 bits per heavy atom. The number of hydrogen-bond donors (Lipinski definition) is 1. The van der Waals surface area contributed by atoms with Crippen LogP contribution in [0.15, 0.2) is 36.4 Å². The standard InChI is InChI=1S/C21H26N2O7S/c1-6-30-21(25)15-8-7-14(2)17(11-15)22-20(24)13-23(31(5,26)27)16-9-10-18(28-3)19(12-16)29-4/h7-12H,6,13H2,1-5H3,(H,22,24). The zero-order valence-corrected chi connectivity index (χ0v) is 18.9. The molecule has 168 valence electrons. The molecular weight excluding hydrogens is 424 g/mol. The molecule has 0 bridgehead atoms. The van der Waals surface area contributed by atoms with E-state index in [-0.39, 0.29) is 17.9 Å². The minimum atomic E-state index is -3.79. The van der Waals surface area contributed by atoms with E-state index in [0.717, 1.165) is 10.6 Å². The lowest BCUT2D eigenvalue weighted by Gasteiger charge is -2.23. The van der Waals surface area contributed by atoms with Gasteiger partial charge in [0.1, 0.15) is 6.54 Å². The summed E-state index contributed by atoms with van der Waals surface area (Å²) >= 11 is 0. The number of rotatable bonds is 9. The van der Waals surface area contributed by atoms with Crippen molar-refractivity contribution in [3.8, 4) is 11.5 Å². The molecule has 2 rings (SSSR count). The molecule has 2 aromatic rings. The van der Waals surface area contributed by atoms with E-state index in [1.54, 1.807) is 32.0 Å². The third-order valence-corrected chi connectivity index (χ3v) is 5.51. The first-order valence-corrected chi connectivity index (χ1v) is 11.2. The van der Waals surface area contributed by atoms with Crippen molar-refractivity contribution in [2.24, 2.45) is 0 Å². The van der Waals surface area contributed by atoms with Gasteiger partial charge in [-0.1, -0.05) is 6.07 Å². The summed E-state index contributed by atoms with van der Waals surface area (Å²) in [6.45, 7) is 3.20. The number of anilines is 2. The molecule has 0 aliphatic heterocycles. The van der Waals surface area contributed by atoms with Crippen molar-refractivity contribution in [2.75, 3.05) is 43.2 Å². The number of nitrogens with zero attached hydrogens (tertiary/aromatic N) is 1. The van der Waals surface area contributed by atoms with Crippen LogP contribution in [0.1, 0.15) is 22.8 Å². The molecule has 0 unspecified atom stereocenters. The highest BCUT2D eigenvalue weighted by molar-refractivity contribution is 7.92. The monoisotopic (exact) mass is 450 g/mol. The van der Waals surface area contributed by atoms with E-state index in [0.29, 0.717) is 22.7 Å². The lowest BCUT2D eigenvalue weighted by molar-refractivity contribution is -0.114. The van der Waals surface area contributed by atoms with E-state index in [2.05, 4.69) is 5.32 Å². The van der Waals surface area contributed by atoms with Gasteiger partial charge in [-0.3, -0.25) is 9.10 Å². The van der Waals surface area contributed by atoms with Crippen molar-refractivity contribution in [2.45, 2.75) is 13.8 Å². The molecule has 0 atom stereocenters. The Bertz CT molecular complexity index is 1070. The van der Waals surface area contributed by atoms with Gasteiger partial charge in [0.25, 0.3) is 0 Å². The molecule has 1 amide bonds. The average Bonchev–Trinajstić information content (AvgIpc) is 2.72. The lowest BCUT2D eigenvalue weighted by atomic mass is 10.1. The molecule has 0 aliphatic rings. The van der Waals surface area contributed by atoms with E-state index >= 15 is 0 Å². The number of nitrogens with one attached hydrogen (secondary N) is 1. The SMILES string of the molecule is CCOC(=O)c1ccc(C)c(NC(=O)CN(c2ccc(OC)c(OC)c2)S(C)(=O)=O)c1. The topological polar surface area (TPSA) is 111 Å². The van der Waals surface area contributed by atoms with Crippen LogP contribution in [0.2, 0.25) is 0 Å². The third kappa shape index (κ3) is 6.11. The maximum Gasteiger partial charge on any atom is 0.338 e. The molecule has 1 N–H and O–H groups in total. The first kappa shape index (κ1) is 24.0. The van der Waals surface area contributed by atoms with Crippen molar-refractivity contribution in [1.29, 1.82) is 0 Å². The maximum atomic E-state index is 12.7. The zero-order chi connectivity index (χ0) is 23.2. The summed E-state index contributed by atoms with van der Waals surface area (Å²) in [4.78, 5) is 24.6. The highest BCUT2D eigenvalue weighted by Gasteiger charge is 2.23. The fraction of sp³-hybridized carbons (Fsp3) is 0.333. The summed E-state index contributed by atoms with van der Waals surface area (Å²) in [5.41, 5.74) is 1.62. The Morgan fingerprint density at radius 2 is 1.71 bits per heavy atom. The average molecular weight is 451 g/mol. The molecule has 0 saturated heterocycles. The number of esters is 1. The van der Waals surface area contributed by atoms with E-state index in [4.69, 9.17) is 14.2 Å². The van der Waals surface area contributed by atoms with Crippen LogP contribution in [0.4, 0.5) is 11.4 Å². The molecular formula is C21H26N2O7S. The summed E-state index contributed by atoms with van der Waals surface area (Å²) in [6.07, 6.45) is 1.00. The van der Waals surface area contributed by atoms with Gasteiger partial charge in [0, 0.05) is 11.8 Å². The maximum absolute atomic E-state index is 12.7. The lowest BCUT2D eigenvalue weighted by Crippen LogP contribution is -2.37. The van der Waals surface area contributed by atoms with Crippen molar-refractivity contribution in [1.82, 2.24) is 0 Å². The fourth-order valence-corrected chi connectivity index (χ4v) is 3.65. The number of hydrogen-bond acceptors (Lipinski definition) is 7. The van der Waals surface area contributed by atoms with Gasteiger partial charge < -0.3 is 19.5 Å². The van der Waals surface area contributed by atoms with Gasteiger partial charge >= 0.3 is 5.97 Å². The van der Waals surface area contributed by atoms with Crippen molar-refractivity contribution < 1.29 is 32.2 Å². The van der Waals surface area contributed by atoms with E-state index in [1.165, 1.54) is 32.4 Å². The first-order chi connectivity index (χ1) is 14.6. The molecule has 0 spiro atoms. The number of carbonyl (C=O) groups is 2. The molecule has 9 nitrogen and oxygen atoms in total. The van der Waals surface area contributed by atoms with Gasteiger partial charge in [0.05, 0.1) is 38.3 Å². The van der Waals surface area contributed by atoms with Crippen LogP contribution in [0.25, 0.3) is 0 Å². The highest BCUT2D eigenvalue weighted by atomic mass is 32.2. The van der Waals surface area contributed by atoms with Gasteiger partial charge in [-0.25, -0.2) is 13.2 Å². The second-order valence-electron chi connectivity index (χ2n) is 6.61. The summed E-state index contributed by atoms with van der Waals surface area (Å²) in [5, 5.41) is 2.66. The fourth-order valence-electron chi connectivity index (χ4n) is 2.80. The Balaban J connectivity index is 2.29. The number of ether oxygens (including phenoxy) is 3. The predicted molar refractivity (Wildman–Crippen MR) is 118 cm³/mol. The van der Waals surface area contributed by atoms with E-state index < -0.39 is 28.4 Å². The smallest absolute Gasteiger partial charge is 0.338 e. The molecule has 0 saturated carbocycles. The Kier molecular flexibility index (Phi) is 7.87. The summed E-state index contributed by atoms with van der Waals surface area (Å²) in [7, 11) is -0.894. The highest BCUT2D eigenvalue weighted by Crippen LogP contribution is 2.32. The molecule has 0 aromatic heterocycles. The number of sulfonamides is 1. The Hall–Kier alpha value is -3.27. The van der Waals surface area contributed by atoms with E-state index in [9.17, 15) is 18.0 Å². The first-order valence-electron chi connectivity index (χ1n) is 9.38. The second-order valence-corrected chi connectivity index (χ2v) is 8.51. The van der Waals surface area contributed by atoms with Crippen LogP contribution < -0.4 is 19.1 Å². The van der Waals surface area contributed by atoms with Gasteiger partial charge in [-0.05, 0) is 43.7 Å². The number of carbonyl (C=O) groups excluding carboxylic acids is 2. The summed E-state index contributed by atoms with van der Waals surface area (Å²) < 4.78 is 41.1. The summed E-state index contributed by atoms with van der Waals surface area (Å²) in [5.74, 6) is -0.340. The van der Waals surface area contributed by atoms with Crippen molar-refractivity contribution in [3.63, 3.8) is 0 Å². The molecule has 0 radical (unpaired) electrons. The van der Waals surface area contributed by atoms with Crippen LogP contribution in [-0.2, 0) is 19.6 Å². The predicted octanol–water partition coefficient (Wildman–Crippen LogP) is 2.59. The number of amides is 1. The molecule has 0 heterocycles. The van der Waals surface area contributed by atoms with Crippen LogP contribution >= 0.6 is 0 Å². The minimum absolute atomic E-state index is 0.225. The summed E-state index contributed by atoms with van der Waals surface area (Å²) in [6, 6.07) is 9.30. The van der Waals surface area contributed by atoms with Gasteiger partial charge in [-0.2, -0.15) is 0 Å². The van der Waals surface area contributed by atoms with Gasteiger partial charge in [-0.15, -0.1) is 0 Å². The number of aryl methyl sites for hydroxylation is 1. The van der Waals surface area contributed by atoms with Crippen LogP contribution in [0, 0.1) is 6.92 Å². The molecule has 0 fully saturated rings. The second kappa shape index (κ2) is 10.2. The molecule has 31 heavy (non-hydrogen) atoms. The third-order valence-electron chi connectivity index (χ3n) is 4.37. The van der Waals surface area contributed by atoms with Crippen molar-refractivity contribution >= 4 is 33.3 Å². The minimum Gasteiger partial charge on any atom is -0.493 e. The molecule has 0 aliphatic carbocycles. The number of benzene rings is 2. The van der Waals surface area contributed by atoms with Crippen LogP contribution in [0.5, 0.6) is 11.5 Å². The largest absolute Gasteiger partial charge is 0.493 e. The number of methoxy groups -OCH3 is 2. The normalized spacial score (nSPS) is 10.9. The van der Waals surface area contributed by atoms with E-state index in [1.807, 2.05) is 0 Å². The molecule has 10 heteroatoms. The van der Waals surface area contributed by atoms with Crippen LogP contribution in [-0.4, -0.2) is 53.9 Å².